The Hall–Kier alpha value is -4.17. The number of hydrazone groups is 1. The van der Waals surface area contributed by atoms with E-state index >= 15 is 0 Å². The summed E-state index contributed by atoms with van der Waals surface area (Å²) < 4.78 is 30.4. The monoisotopic (exact) mass is 556 g/mol. The van der Waals surface area contributed by atoms with Crippen LogP contribution in [0.15, 0.2) is 88.9 Å². The number of nitrogens with one attached hydrogen (secondary N) is 1. The van der Waals surface area contributed by atoms with Crippen LogP contribution in [0.2, 0.25) is 0 Å². The number of benzene rings is 3. The van der Waals surface area contributed by atoms with Crippen LogP contribution in [0, 0.1) is 27.7 Å². The second-order valence-electron chi connectivity index (χ2n) is 10.3. The average Bonchev–Trinajstić information content (AvgIpc) is 3.20. The lowest BCUT2D eigenvalue weighted by molar-refractivity contribution is -0.119. The number of hydrogen-bond acceptors (Lipinski definition) is 4. The van der Waals surface area contributed by atoms with Gasteiger partial charge in [-0.05, 0) is 80.6 Å². The highest BCUT2D eigenvalue weighted by atomic mass is 32.2. The van der Waals surface area contributed by atoms with Gasteiger partial charge in [0.15, 0.2) is 0 Å². The summed E-state index contributed by atoms with van der Waals surface area (Å²) in [6, 6.07) is 23.6. The summed E-state index contributed by atoms with van der Waals surface area (Å²) in [6.07, 6.45) is 1.60. The van der Waals surface area contributed by atoms with E-state index in [0.29, 0.717) is 11.6 Å². The van der Waals surface area contributed by atoms with Gasteiger partial charge in [-0.1, -0.05) is 62.4 Å². The van der Waals surface area contributed by atoms with Gasteiger partial charge in [0.05, 0.1) is 22.5 Å². The van der Waals surface area contributed by atoms with Crippen molar-refractivity contribution in [3.63, 3.8) is 0 Å². The Balaban J connectivity index is 1.57. The van der Waals surface area contributed by atoms with Crippen LogP contribution in [-0.2, 0) is 14.8 Å². The summed E-state index contributed by atoms with van der Waals surface area (Å²) in [7, 11) is -3.99. The van der Waals surface area contributed by atoms with Crippen LogP contribution in [0.25, 0.3) is 5.69 Å². The summed E-state index contributed by atoms with van der Waals surface area (Å²) >= 11 is 0. The lowest BCUT2D eigenvalue weighted by Crippen LogP contribution is -2.39. The molecule has 0 unspecified atom stereocenters. The van der Waals surface area contributed by atoms with E-state index < -0.39 is 22.5 Å². The van der Waals surface area contributed by atoms with E-state index in [1.807, 2.05) is 38.1 Å². The number of amides is 1. The molecule has 4 rings (SSSR count). The van der Waals surface area contributed by atoms with E-state index in [4.69, 9.17) is 0 Å². The minimum atomic E-state index is -3.99. The molecule has 0 radical (unpaired) electrons. The number of rotatable bonds is 9. The van der Waals surface area contributed by atoms with Gasteiger partial charge in [0.1, 0.15) is 6.54 Å². The number of sulfonamides is 1. The Kier molecular flexibility index (Phi) is 8.59. The highest BCUT2D eigenvalue weighted by molar-refractivity contribution is 7.92. The van der Waals surface area contributed by atoms with Crippen molar-refractivity contribution in [1.82, 2.24) is 9.99 Å². The van der Waals surface area contributed by atoms with E-state index in [0.717, 1.165) is 32.5 Å². The number of aromatic nitrogens is 1. The molecule has 0 atom stereocenters. The number of nitrogens with zero attached hydrogens (tertiary/aromatic N) is 3. The van der Waals surface area contributed by atoms with E-state index in [-0.39, 0.29) is 4.90 Å². The number of para-hydroxylation sites is 1. The van der Waals surface area contributed by atoms with Crippen LogP contribution in [0.5, 0.6) is 0 Å². The second-order valence-corrected chi connectivity index (χ2v) is 12.1. The fourth-order valence-corrected chi connectivity index (χ4v) is 6.26. The molecule has 4 aromatic rings. The first kappa shape index (κ1) is 28.8. The molecule has 0 fully saturated rings. The molecule has 1 amide bonds. The largest absolute Gasteiger partial charge is 0.317 e. The lowest BCUT2D eigenvalue weighted by atomic mass is 10.0. The molecule has 0 aliphatic heterocycles. The Morgan fingerprint density at radius 2 is 1.55 bits per heavy atom. The number of hydrogen-bond donors (Lipinski definition) is 1. The van der Waals surface area contributed by atoms with Crippen LogP contribution in [0.3, 0.4) is 0 Å². The molecule has 0 saturated carbocycles. The topological polar surface area (TPSA) is 83.8 Å². The Bertz CT molecular complexity index is 1620. The van der Waals surface area contributed by atoms with Gasteiger partial charge in [-0.3, -0.25) is 9.10 Å². The van der Waals surface area contributed by atoms with Crippen molar-refractivity contribution >= 4 is 27.8 Å². The van der Waals surface area contributed by atoms with E-state index in [9.17, 15) is 13.2 Å². The maximum Gasteiger partial charge on any atom is 0.264 e. The van der Waals surface area contributed by atoms with Gasteiger partial charge in [0.25, 0.3) is 15.9 Å². The van der Waals surface area contributed by atoms with Gasteiger partial charge in [0.2, 0.25) is 0 Å². The van der Waals surface area contributed by atoms with Crippen molar-refractivity contribution in [1.29, 1.82) is 0 Å². The third-order valence-corrected chi connectivity index (χ3v) is 8.78. The van der Waals surface area contributed by atoms with Gasteiger partial charge in [-0.25, -0.2) is 13.8 Å². The Labute approximate surface area is 237 Å². The summed E-state index contributed by atoms with van der Waals surface area (Å²) in [4.78, 5) is 13.1. The van der Waals surface area contributed by atoms with Crippen LogP contribution in [0.4, 0.5) is 5.69 Å². The van der Waals surface area contributed by atoms with Crippen molar-refractivity contribution < 1.29 is 13.2 Å². The molecule has 1 heterocycles. The second kappa shape index (κ2) is 11.9. The first-order valence-electron chi connectivity index (χ1n) is 13.3. The first-order valence-corrected chi connectivity index (χ1v) is 14.7. The molecule has 0 aliphatic rings. The Morgan fingerprint density at radius 3 is 2.15 bits per heavy atom. The van der Waals surface area contributed by atoms with Crippen LogP contribution in [-0.4, -0.2) is 31.7 Å². The van der Waals surface area contributed by atoms with Crippen molar-refractivity contribution in [2.24, 2.45) is 5.10 Å². The molecule has 0 saturated heterocycles. The zero-order valence-electron chi connectivity index (χ0n) is 23.8. The zero-order chi connectivity index (χ0) is 29.0. The number of anilines is 1. The zero-order valence-corrected chi connectivity index (χ0v) is 24.7. The van der Waals surface area contributed by atoms with Crippen molar-refractivity contribution in [3.8, 4) is 5.69 Å². The molecule has 1 aromatic heterocycles. The molecule has 7 nitrogen and oxygen atoms in total. The van der Waals surface area contributed by atoms with Gasteiger partial charge in [-0.2, -0.15) is 5.10 Å². The van der Waals surface area contributed by atoms with Gasteiger partial charge < -0.3 is 4.57 Å². The molecular formula is C32H36N4O3S. The molecule has 3 aromatic carbocycles. The maximum atomic E-state index is 13.6. The lowest BCUT2D eigenvalue weighted by Gasteiger charge is -2.24. The number of carbonyl (C=O) groups excluding carboxylic acids is 1. The van der Waals surface area contributed by atoms with E-state index in [1.54, 1.807) is 36.5 Å². The van der Waals surface area contributed by atoms with Crippen molar-refractivity contribution in [2.45, 2.75) is 52.4 Å². The van der Waals surface area contributed by atoms with Gasteiger partial charge in [0, 0.05) is 17.0 Å². The molecule has 1 N–H and O–H groups in total. The van der Waals surface area contributed by atoms with E-state index in [1.165, 1.54) is 23.3 Å². The molecule has 0 bridgehead atoms. The predicted molar refractivity (Wildman–Crippen MR) is 162 cm³/mol. The molecule has 0 aliphatic carbocycles. The fourth-order valence-electron chi connectivity index (χ4n) is 4.82. The average molecular weight is 557 g/mol. The first-order chi connectivity index (χ1) is 19.0. The number of carbonyl (C=O) groups is 1. The summed E-state index contributed by atoms with van der Waals surface area (Å²) in [5, 5.41) is 4.17. The minimum absolute atomic E-state index is 0.109. The van der Waals surface area contributed by atoms with Crippen LogP contribution in [0.1, 0.15) is 53.4 Å². The standard InChI is InChI=1S/C32H36N4O3S/c1-22(2)27-15-17-29(18-16-27)35(40(38,39)30-13-8-7-9-14-30)21-31(37)34-33-20-28-19-25(5)36(26(28)6)32-23(3)11-10-12-24(32)4/h7-20,22H,21H2,1-6H3,(H,34,37)/b33-20-. The fraction of sp³-hybridized carbons (Fsp3) is 0.250. The Morgan fingerprint density at radius 1 is 0.925 bits per heavy atom. The van der Waals surface area contributed by atoms with Crippen molar-refractivity contribution in [2.75, 3.05) is 10.8 Å². The third kappa shape index (κ3) is 6.02. The number of aryl methyl sites for hydroxylation is 3. The van der Waals surface area contributed by atoms with Gasteiger partial charge in [-0.15, -0.1) is 0 Å². The van der Waals surface area contributed by atoms with Gasteiger partial charge >= 0.3 is 0 Å². The highest BCUT2D eigenvalue weighted by Crippen LogP contribution is 2.27. The third-order valence-electron chi connectivity index (χ3n) is 6.99. The minimum Gasteiger partial charge on any atom is -0.317 e. The van der Waals surface area contributed by atoms with Crippen LogP contribution >= 0.6 is 0 Å². The molecular weight excluding hydrogens is 520 g/mol. The molecule has 40 heavy (non-hydrogen) atoms. The maximum absolute atomic E-state index is 13.6. The molecule has 0 spiro atoms. The quantitative estimate of drug-likeness (QED) is 0.197. The summed E-state index contributed by atoms with van der Waals surface area (Å²) in [5.41, 5.74) is 10.4. The SMILES string of the molecule is Cc1cccc(C)c1-n1c(C)cc(/C=N\NC(=O)CN(c2ccc(C(C)C)cc2)S(=O)(=O)c2ccccc2)c1C. The molecule has 8 heteroatoms. The molecule has 208 valence electrons. The smallest absolute Gasteiger partial charge is 0.264 e. The normalized spacial score (nSPS) is 11.8. The summed E-state index contributed by atoms with van der Waals surface area (Å²) in [6.45, 7) is 11.9. The predicted octanol–water partition coefficient (Wildman–Crippen LogP) is 6.18. The van der Waals surface area contributed by atoms with E-state index in [2.05, 4.69) is 54.9 Å². The summed E-state index contributed by atoms with van der Waals surface area (Å²) in [5.74, 6) is -0.255. The van der Waals surface area contributed by atoms with Crippen LogP contribution < -0.4 is 9.73 Å². The highest BCUT2D eigenvalue weighted by Gasteiger charge is 2.27. The van der Waals surface area contributed by atoms with Crippen molar-refractivity contribution in [3.05, 3.63) is 113 Å².